The van der Waals surface area contributed by atoms with Crippen molar-refractivity contribution in [1.29, 1.82) is 0 Å². The lowest BCUT2D eigenvalue weighted by atomic mass is 10.1. The molecule has 4 aromatic rings. The van der Waals surface area contributed by atoms with Crippen molar-refractivity contribution in [3.05, 3.63) is 92.4 Å². The summed E-state index contributed by atoms with van der Waals surface area (Å²) >= 11 is 0. The molecule has 0 amide bonds. The average molecular weight is 388 g/mol. The molecule has 29 heavy (non-hydrogen) atoms. The van der Waals surface area contributed by atoms with Crippen molar-refractivity contribution in [2.45, 2.75) is 40.3 Å². The van der Waals surface area contributed by atoms with E-state index in [4.69, 9.17) is 0 Å². The van der Waals surface area contributed by atoms with Crippen LogP contribution >= 0.6 is 0 Å². The predicted octanol–water partition coefficient (Wildman–Crippen LogP) is 3.59. The highest BCUT2D eigenvalue weighted by molar-refractivity contribution is 5.72. The van der Waals surface area contributed by atoms with Crippen molar-refractivity contribution < 1.29 is 0 Å². The van der Waals surface area contributed by atoms with E-state index in [9.17, 15) is 9.59 Å². The molecule has 0 spiro atoms. The molecule has 0 N–H and O–H groups in total. The molecule has 6 heteroatoms. The molecule has 0 aliphatic heterocycles. The summed E-state index contributed by atoms with van der Waals surface area (Å²) in [4.78, 5) is 30.9. The molecule has 0 fully saturated rings. The second-order valence-electron chi connectivity index (χ2n) is 7.75. The van der Waals surface area contributed by atoms with Crippen LogP contribution < -0.4 is 11.2 Å². The maximum Gasteiger partial charge on any atom is 0.337 e. The Morgan fingerprint density at radius 2 is 1.48 bits per heavy atom. The van der Waals surface area contributed by atoms with E-state index < -0.39 is 0 Å². The normalized spacial score (nSPS) is 11.5. The molecule has 0 atom stereocenters. The summed E-state index contributed by atoms with van der Waals surface area (Å²) in [5.41, 5.74) is 4.17. The average Bonchev–Trinajstić information content (AvgIpc) is 3.08. The molecular formula is C23H24N4O2. The Morgan fingerprint density at radius 3 is 2.07 bits per heavy atom. The highest BCUT2D eigenvalue weighted by atomic mass is 16.2. The smallest absolute Gasteiger partial charge is 0.320 e. The number of hydrogen-bond donors (Lipinski definition) is 0. The molecule has 0 saturated heterocycles. The number of rotatable bonds is 4. The third kappa shape index (κ3) is 3.31. The lowest BCUT2D eigenvalue weighted by Gasteiger charge is -2.15. The van der Waals surface area contributed by atoms with Crippen molar-refractivity contribution in [3.63, 3.8) is 0 Å². The van der Waals surface area contributed by atoms with E-state index in [0.717, 1.165) is 11.1 Å². The van der Waals surface area contributed by atoms with Crippen LogP contribution in [-0.4, -0.2) is 18.7 Å². The highest BCUT2D eigenvalue weighted by Gasteiger charge is 2.20. The molecule has 2 heterocycles. The number of imidazole rings is 1. The van der Waals surface area contributed by atoms with Crippen molar-refractivity contribution in [3.8, 4) is 5.69 Å². The summed E-state index contributed by atoms with van der Waals surface area (Å²) in [6.45, 7) is 8.23. The first-order chi connectivity index (χ1) is 13.9. The fourth-order valence-corrected chi connectivity index (χ4v) is 3.55. The van der Waals surface area contributed by atoms with Gasteiger partial charge in [-0.25, -0.2) is 14.3 Å². The Hall–Kier alpha value is -3.41. The van der Waals surface area contributed by atoms with E-state index in [2.05, 4.69) is 4.98 Å². The van der Waals surface area contributed by atoms with Gasteiger partial charge in [0.15, 0.2) is 11.2 Å². The van der Waals surface area contributed by atoms with Gasteiger partial charge in [-0.05, 0) is 45.4 Å². The maximum absolute atomic E-state index is 13.2. The summed E-state index contributed by atoms with van der Waals surface area (Å²) in [5.74, 6) is 0. The largest absolute Gasteiger partial charge is 0.337 e. The highest BCUT2D eigenvalue weighted by Crippen LogP contribution is 2.16. The molecule has 148 valence electrons. The fraction of sp³-hybridized carbons (Fsp3) is 0.261. The van der Waals surface area contributed by atoms with Gasteiger partial charge in [0, 0.05) is 12.6 Å². The van der Waals surface area contributed by atoms with E-state index >= 15 is 0 Å². The van der Waals surface area contributed by atoms with Gasteiger partial charge in [0.2, 0.25) is 0 Å². The number of benzene rings is 2. The molecule has 0 aliphatic carbocycles. The van der Waals surface area contributed by atoms with E-state index in [0.29, 0.717) is 23.4 Å². The first kappa shape index (κ1) is 18.9. The minimum atomic E-state index is -0.373. The molecule has 4 rings (SSSR count). The number of aryl methyl sites for hydroxylation is 2. The van der Waals surface area contributed by atoms with Crippen LogP contribution in [0.3, 0.4) is 0 Å². The Balaban J connectivity index is 2.00. The lowest BCUT2D eigenvalue weighted by molar-refractivity contribution is 0.539. The number of aromatic nitrogens is 4. The third-order valence-electron chi connectivity index (χ3n) is 5.13. The third-order valence-corrected chi connectivity index (χ3v) is 5.13. The SMILES string of the molecule is Cc1ccc(Cn2cnc3c2c(=O)n(C(C)C)c(=O)n3-c2ccc(C)cc2)cc1. The van der Waals surface area contributed by atoms with Gasteiger partial charge in [0.25, 0.3) is 5.56 Å². The molecular weight excluding hydrogens is 364 g/mol. The Kier molecular flexibility index (Phi) is 4.70. The van der Waals surface area contributed by atoms with Crippen LogP contribution in [0.2, 0.25) is 0 Å². The molecule has 0 saturated carbocycles. The van der Waals surface area contributed by atoms with E-state index in [1.165, 1.54) is 14.7 Å². The van der Waals surface area contributed by atoms with Crippen molar-refractivity contribution in [2.24, 2.45) is 0 Å². The van der Waals surface area contributed by atoms with Crippen LogP contribution in [0.5, 0.6) is 0 Å². The van der Waals surface area contributed by atoms with E-state index in [1.807, 2.05) is 80.8 Å². The van der Waals surface area contributed by atoms with Crippen LogP contribution in [0.4, 0.5) is 0 Å². The molecule has 0 bridgehead atoms. The molecule has 6 nitrogen and oxygen atoms in total. The van der Waals surface area contributed by atoms with Gasteiger partial charge in [-0.2, -0.15) is 0 Å². The molecule has 0 radical (unpaired) electrons. The van der Waals surface area contributed by atoms with Crippen LogP contribution in [0.1, 0.15) is 36.6 Å². The minimum Gasteiger partial charge on any atom is -0.320 e. The summed E-state index contributed by atoms with van der Waals surface area (Å²) in [7, 11) is 0. The van der Waals surface area contributed by atoms with Gasteiger partial charge in [0.05, 0.1) is 12.0 Å². The van der Waals surface area contributed by atoms with Gasteiger partial charge in [-0.15, -0.1) is 0 Å². The predicted molar refractivity (Wildman–Crippen MR) is 115 cm³/mol. The van der Waals surface area contributed by atoms with Crippen LogP contribution in [0, 0.1) is 13.8 Å². The van der Waals surface area contributed by atoms with Gasteiger partial charge >= 0.3 is 5.69 Å². The van der Waals surface area contributed by atoms with Crippen LogP contribution in [0.15, 0.2) is 64.4 Å². The summed E-state index contributed by atoms with van der Waals surface area (Å²) in [5, 5.41) is 0. The first-order valence-electron chi connectivity index (χ1n) is 9.72. The minimum absolute atomic E-state index is 0.265. The Bertz CT molecular complexity index is 1290. The number of nitrogens with zero attached hydrogens (tertiary/aromatic N) is 4. The lowest BCUT2D eigenvalue weighted by Crippen LogP contribution is -2.41. The number of hydrogen-bond acceptors (Lipinski definition) is 3. The van der Waals surface area contributed by atoms with Gasteiger partial charge in [-0.1, -0.05) is 47.5 Å². The summed E-state index contributed by atoms with van der Waals surface area (Å²) in [6.07, 6.45) is 1.64. The molecule has 0 aliphatic rings. The quantitative estimate of drug-likeness (QED) is 0.537. The van der Waals surface area contributed by atoms with Crippen molar-refractivity contribution in [1.82, 2.24) is 18.7 Å². The zero-order chi connectivity index (χ0) is 20.7. The second-order valence-corrected chi connectivity index (χ2v) is 7.75. The Morgan fingerprint density at radius 1 is 0.897 bits per heavy atom. The van der Waals surface area contributed by atoms with Gasteiger partial charge in [-0.3, -0.25) is 9.36 Å². The zero-order valence-corrected chi connectivity index (χ0v) is 17.1. The van der Waals surface area contributed by atoms with Gasteiger partial charge < -0.3 is 4.57 Å². The molecule has 0 unspecified atom stereocenters. The van der Waals surface area contributed by atoms with Gasteiger partial charge in [0.1, 0.15) is 0 Å². The Labute approximate surface area is 168 Å². The molecule has 2 aromatic carbocycles. The van der Waals surface area contributed by atoms with E-state index in [-0.39, 0.29) is 17.3 Å². The second kappa shape index (κ2) is 7.20. The van der Waals surface area contributed by atoms with E-state index in [1.54, 1.807) is 6.33 Å². The van der Waals surface area contributed by atoms with Crippen LogP contribution in [0.25, 0.3) is 16.9 Å². The fourth-order valence-electron chi connectivity index (χ4n) is 3.55. The topological polar surface area (TPSA) is 61.8 Å². The molecule has 2 aromatic heterocycles. The standard InChI is InChI=1S/C23H24N4O2/c1-15(2)26-22(28)20-21(27(23(26)29)19-11-7-17(4)8-12-19)24-14-25(20)13-18-9-5-16(3)6-10-18/h5-12,14-15H,13H2,1-4H3. The maximum atomic E-state index is 13.2. The number of fused-ring (bicyclic) bond motifs is 1. The first-order valence-corrected chi connectivity index (χ1v) is 9.72. The van der Waals surface area contributed by atoms with Crippen LogP contribution in [-0.2, 0) is 6.54 Å². The zero-order valence-electron chi connectivity index (χ0n) is 17.1. The van der Waals surface area contributed by atoms with Crippen molar-refractivity contribution >= 4 is 11.2 Å². The summed E-state index contributed by atoms with van der Waals surface area (Å²) < 4.78 is 4.66. The monoisotopic (exact) mass is 388 g/mol. The summed E-state index contributed by atoms with van der Waals surface area (Å²) in [6, 6.07) is 15.6. The van der Waals surface area contributed by atoms with Crippen molar-refractivity contribution in [2.75, 3.05) is 0 Å².